The number of rotatable bonds is 5. The highest BCUT2D eigenvalue weighted by Gasteiger charge is 2.12. The van der Waals surface area contributed by atoms with Crippen LogP contribution in [0.5, 0.6) is 5.75 Å². The zero-order chi connectivity index (χ0) is 16.1. The molecule has 6 nitrogen and oxygen atoms in total. The molecule has 8 heteroatoms. The van der Waals surface area contributed by atoms with Gasteiger partial charge in [-0.3, -0.25) is 14.9 Å². The Kier molecular flexibility index (Phi) is 5.35. The van der Waals surface area contributed by atoms with Crippen molar-refractivity contribution in [3.63, 3.8) is 0 Å². The summed E-state index contributed by atoms with van der Waals surface area (Å²) < 4.78 is 5.83. The molecule has 0 heterocycles. The number of nitrogens with zero attached hydrogens (tertiary/aromatic N) is 1. The van der Waals surface area contributed by atoms with Gasteiger partial charge in [0.1, 0.15) is 5.75 Å². The fourth-order valence-electron chi connectivity index (χ4n) is 1.59. The van der Waals surface area contributed by atoms with Crippen molar-refractivity contribution in [2.45, 2.75) is 0 Å². The van der Waals surface area contributed by atoms with Crippen LogP contribution in [-0.4, -0.2) is 17.4 Å². The van der Waals surface area contributed by atoms with Crippen LogP contribution in [0.15, 0.2) is 46.9 Å². The minimum atomic E-state index is -0.535. The number of anilines is 1. The molecule has 0 radical (unpaired) electrons. The number of hydrogen-bond acceptors (Lipinski definition) is 4. The van der Waals surface area contributed by atoms with Crippen LogP contribution in [0.25, 0.3) is 0 Å². The van der Waals surface area contributed by atoms with Gasteiger partial charge in [0.15, 0.2) is 6.61 Å². The van der Waals surface area contributed by atoms with E-state index < -0.39 is 10.8 Å². The fraction of sp³-hybridized carbons (Fsp3) is 0.0714. The molecule has 1 amide bonds. The molecule has 2 rings (SSSR count). The first kappa shape index (κ1) is 16.3. The van der Waals surface area contributed by atoms with Crippen molar-refractivity contribution in [2.75, 3.05) is 11.9 Å². The van der Waals surface area contributed by atoms with Crippen LogP contribution in [0.4, 0.5) is 11.4 Å². The number of non-ortho nitro benzene ring substituents is 1. The van der Waals surface area contributed by atoms with E-state index in [4.69, 9.17) is 16.3 Å². The Bertz CT molecular complexity index is 706. The molecule has 114 valence electrons. The van der Waals surface area contributed by atoms with E-state index in [2.05, 4.69) is 21.2 Å². The number of carbonyl (C=O) groups excluding carboxylic acids is 1. The van der Waals surface area contributed by atoms with Gasteiger partial charge < -0.3 is 10.1 Å². The van der Waals surface area contributed by atoms with E-state index in [0.717, 1.165) is 0 Å². The van der Waals surface area contributed by atoms with Gasteiger partial charge in [-0.05, 0) is 46.3 Å². The summed E-state index contributed by atoms with van der Waals surface area (Å²) in [6, 6.07) is 10.7. The Morgan fingerprint density at radius 2 is 1.95 bits per heavy atom. The van der Waals surface area contributed by atoms with E-state index in [-0.39, 0.29) is 12.3 Å². The molecule has 1 N–H and O–H groups in total. The lowest BCUT2D eigenvalue weighted by Crippen LogP contribution is -2.20. The van der Waals surface area contributed by atoms with Crippen molar-refractivity contribution in [1.82, 2.24) is 0 Å². The van der Waals surface area contributed by atoms with E-state index >= 15 is 0 Å². The van der Waals surface area contributed by atoms with Crippen molar-refractivity contribution >= 4 is 44.8 Å². The summed E-state index contributed by atoms with van der Waals surface area (Å²) in [6.45, 7) is -0.225. The molecule has 0 aliphatic rings. The molecular formula is C14H10BrClN2O4. The van der Waals surface area contributed by atoms with Gasteiger partial charge in [-0.2, -0.15) is 0 Å². The molecule has 0 fully saturated rings. The van der Waals surface area contributed by atoms with Crippen LogP contribution in [0.2, 0.25) is 5.02 Å². The molecule has 0 bridgehead atoms. The van der Waals surface area contributed by atoms with Gasteiger partial charge in [0.25, 0.3) is 11.6 Å². The average molecular weight is 386 g/mol. The molecule has 0 atom stereocenters. The molecule has 0 aliphatic heterocycles. The highest BCUT2D eigenvalue weighted by molar-refractivity contribution is 9.10. The van der Waals surface area contributed by atoms with E-state index in [1.165, 1.54) is 18.2 Å². The zero-order valence-electron chi connectivity index (χ0n) is 11.1. The first-order valence-corrected chi connectivity index (χ1v) is 7.25. The lowest BCUT2D eigenvalue weighted by atomic mass is 10.3. The quantitative estimate of drug-likeness (QED) is 0.622. The van der Waals surface area contributed by atoms with E-state index in [1.807, 2.05) is 0 Å². The van der Waals surface area contributed by atoms with Crippen LogP contribution >= 0.6 is 27.5 Å². The van der Waals surface area contributed by atoms with Crippen LogP contribution in [0, 0.1) is 10.1 Å². The maximum Gasteiger partial charge on any atom is 0.271 e. The standard InChI is InChI=1S/C14H10BrClN2O4/c15-12-6-3-10(18(20)21)7-13(12)17-14(19)8-22-11-4-1-9(16)2-5-11/h1-7H,8H2,(H,17,19). The summed E-state index contributed by atoms with van der Waals surface area (Å²) in [5.41, 5.74) is 0.191. The lowest BCUT2D eigenvalue weighted by molar-refractivity contribution is -0.384. The van der Waals surface area contributed by atoms with Gasteiger partial charge in [0.2, 0.25) is 0 Å². The summed E-state index contributed by atoms with van der Waals surface area (Å²) in [7, 11) is 0. The number of hydrogen-bond donors (Lipinski definition) is 1. The third-order valence-electron chi connectivity index (χ3n) is 2.62. The first-order chi connectivity index (χ1) is 10.5. The molecule has 22 heavy (non-hydrogen) atoms. The fourth-order valence-corrected chi connectivity index (χ4v) is 2.06. The number of amides is 1. The lowest BCUT2D eigenvalue weighted by Gasteiger charge is -2.09. The molecule has 0 aliphatic carbocycles. The topological polar surface area (TPSA) is 81.5 Å². The summed E-state index contributed by atoms with van der Waals surface area (Å²) in [5.74, 6) is 0.0637. The summed E-state index contributed by atoms with van der Waals surface area (Å²) in [6.07, 6.45) is 0. The largest absolute Gasteiger partial charge is 0.484 e. The number of nitrogens with one attached hydrogen (secondary N) is 1. The Morgan fingerprint density at radius 1 is 1.27 bits per heavy atom. The van der Waals surface area contributed by atoms with Gasteiger partial charge in [-0.1, -0.05) is 11.6 Å². The SMILES string of the molecule is O=C(COc1ccc(Cl)cc1)Nc1cc([N+](=O)[O-])ccc1Br. The van der Waals surface area contributed by atoms with Gasteiger partial charge >= 0.3 is 0 Å². The average Bonchev–Trinajstić information content (AvgIpc) is 2.48. The van der Waals surface area contributed by atoms with E-state index in [9.17, 15) is 14.9 Å². The molecule has 2 aromatic carbocycles. The zero-order valence-corrected chi connectivity index (χ0v) is 13.4. The Labute approximate surface area is 139 Å². The van der Waals surface area contributed by atoms with E-state index in [0.29, 0.717) is 20.9 Å². The predicted octanol–water partition coefficient (Wildman–Crippen LogP) is 4.03. The molecule has 2 aromatic rings. The second-order valence-corrected chi connectivity index (χ2v) is 5.50. The van der Waals surface area contributed by atoms with Crippen molar-refractivity contribution in [1.29, 1.82) is 0 Å². The van der Waals surface area contributed by atoms with Gasteiger partial charge in [-0.25, -0.2) is 0 Å². The van der Waals surface area contributed by atoms with Gasteiger partial charge in [0.05, 0.1) is 10.6 Å². The molecule has 0 saturated carbocycles. The van der Waals surface area contributed by atoms with Crippen LogP contribution in [-0.2, 0) is 4.79 Å². The number of ether oxygens (including phenoxy) is 1. The van der Waals surface area contributed by atoms with Gasteiger partial charge in [-0.15, -0.1) is 0 Å². The maximum absolute atomic E-state index is 11.8. The highest BCUT2D eigenvalue weighted by Crippen LogP contribution is 2.27. The van der Waals surface area contributed by atoms with Crippen LogP contribution < -0.4 is 10.1 Å². The number of benzene rings is 2. The smallest absolute Gasteiger partial charge is 0.271 e. The minimum absolute atomic E-state index is 0.114. The molecule has 0 spiro atoms. The molecule has 0 aromatic heterocycles. The Hall–Kier alpha value is -2.12. The molecule has 0 unspecified atom stereocenters. The van der Waals surface area contributed by atoms with Crippen molar-refractivity contribution in [3.8, 4) is 5.75 Å². The van der Waals surface area contributed by atoms with Crippen molar-refractivity contribution < 1.29 is 14.5 Å². The van der Waals surface area contributed by atoms with Crippen molar-refractivity contribution in [3.05, 3.63) is 62.1 Å². The first-order valence-electron chi connectivity index (χ1n) is 6.08. The second kappa shape index (κ2) is 7.24. The van der Waals surface area contributed by atoms with Crippen LogP contribution in [0.3, 0.4) is 0 Å². The minimum Gasteiger partial charge on any atom is -0.484 e. The van der Waals surface area contributed by atoms with E-state index in [1.54, 1.807) is 24.3 Å². The molecule has 0 saturated heterocycles. The summed E-state index contributed by atoms with van der Waals surface area (Å²) in [5, 5.41) is 13.8. The Balaban J connectivity index is 1.98. The predicted molar refractivity (Wildman–Crippen MR) is 86.4 cm³/mol. The van der Waals surface area contributed by atoms with Crippen molar-refractivity contribution in [2.24, 2.45) is 0 Å². The maximum atomic E-state index is 11.8. The monoisotopic (exact) mass is 384 g/mol. The molecular weight excluding hydrogens is 376 g/mol. The number of carbonyl (C=O) groups is 1. The Morgan fingerprint density at radius 3 is 2.59 bits per heavy atom. The normalized spacial score (nSPS) is 10.1. The number of nitro benzene ring substituents is 1. The van der Waals surface area contributed by atoms with Crippen LogP contribution in [0.1, 0.15) is 0 Å². The van der Waals surface area contributed by atoms with Gasteiger partial charge in [0, 0.05) is 21.6 Å². The second-order valence-electron chi connectivity index (χ2n) is 4.21. The number of nitro groups is 1. The number of halogens is 2. The summed E-state index contributed by atoms with van der Waals surface area (Å²) >= 11 is 8.96. The highest BCUT2D eigenvalue weighted by atomic mass is 79.9. The summed E-state index contributed by atoms with van der Waals surface area (Å²) in [4.78, 5) is 22.0. The third-order valence-corrected chi connectivity index (χ3v) is 3.56. The third kappa shape index (κ3) is 4.44.